The summed E-state index contributed by atoms with van der Waals surface area (Å²) in [6, 6.07) is 3.57. The maximum atomic E-state index is 12.5. The molecule has 0 bridgehead atoms. The van der Waals surface area contributed by atoms with E-state index in [1.54, 1.807) is 17.2 Å². The van der Waals surface area contributed by atoms with Crippen LogP contribution in [0.1, 0.15) is 31.9 Å². The van der Waals surface area contributed by atoms with Gasteiger partial charge in [-0.3, -0.25) is 4.79 Å². The summed E-state index contributed by atoms with van der Waals surface area (Å²) in [6.45, 7) is 2.97. The van der Waals surface area contributed by atoms with Crippen molar-refractivity contribution in [2.45, 2.75) is 38.6 Å². The Bertz CT molecular complexity index is 822. The minimum Gasteiger partial charge on any atom is -0.462 e. The van der Waals surface area contributed by atoms with Crippen LogP contribution in [0.4, 0.5) is 0 Å². The molecule has 26 heavy (non-hydrogen) atoms. The summed E-state index contributed by atoms with van der Waals surface area (Å²) >= 11 is 1.45. The van der Waals surface area contributed by atoms with Gasteiger partial charge in [0.2, 0.25) is 15.9 Å². The van der Waals surface area contributed by atoms with Crippen molar-refractivity contribution >= 4 is 27.3 Å². The number of carbonyl (C=O) groups excluding carboxylic acids is 1. The molecule has 0 aromatic carbocycles. The molecule has 2 aromatic heterocycles. The second-order valence-electron chi connectivity index (χ2n) is 6.39. The monoisotopic (exact) mass is 397 g/mol. The molecule has 1 aliphatic heterocycles. The van der Waals surface area contributed by atoms with Crippen LogP contribution >= 0.6 is 11.3 Å². The van der Waals surface area contributed by atoms with Gasteiger partial charge in [0, 0.05) is 24.5 Å². The van der Waals surface area contributed by atoms with Gasteiger partial charge in [0.1, 0.15) is 0 Å². The van der Waals surface area contributed by atoms with E-state index in [1.807, 2.05) is 18.4 Å². The van der Waals surface area contributed by atoms with E-state index in [1.165, 1.54) is 11.3 Å². The first kappa shape index (κ1) is 19.1. The zero-order chi connectivity index (χ0) is 18.6. The maximum absolute atomic E-state index is 12.5. The van der Waals surface area contributed by atoms with Gasteiger partial charge < -0.3 is 9.32 Å². The Morgan fingerprint density at radius 3 is 2.85 bits per heavy atom. The Morgan fingerprint density at radius 1 is 1.42 bits per heavy atom. The molecular weight excluding hydrogens is 374 g/mol. The smallest absolute Gasteiger partial charge is 0.228 e. The number of nitrogens with zero attached hydrogens (tertiary/aromatic N) is 2. The third-order valence-electron chi connectivity index (χ3n) is 4.28. The number of amides is 1. The van der Waals surface area contributed by atoms with Crippen molar-refractivity contribution in [3.8, 4) is 10.8 Å². The van der Waals surface area contributed by atoms with E-state index in [0.717, 1.165) is 10.7 Å². The molecule has 0 spiro atoms. The first-order chi connectivity index (χ1) is 12.5. The van der Waals surface area contributed by atoms with Crippen molar-refractivity contribution < 1.29 is 17.6 Å². The van der Waals surface area contributed by atoms with Crippen molar-refractivity contribution in [2.75, 3.05) is 18.8 Å². The molecule has 2 aromatic rings. The molecule has 0 unspecified atom stereocenters. The number of hydrogen-bond acceptors (Lipinski definition) is 6. The van der Waals surface area contributed by atoms with Crippen LogP contribution in [0.2, 0.25) is 0 Å². The lowest BCUT2D eigenvalue weighted by molar-refractivity contribution is -0.131. The number of rotatable bonds is 7. The van der Waals surface area contributed by atoms with Crippen molar-refractivity contribution in [3.05, 3.63) is 29.5 Å². The average Bonchev–Trinajstić information content (AvgIpc) is 3.26. The Balaban J connectivity index is 1.50. The lowest BCUT2D eigenvalue weighted by atomic mass is 10.1. The standard InChI is InChI=1S/C17H23N3O4S2/c1-2-10-26(22,23)19-13-5-7-20(8-6-13)16(21)11-14-12-25-17(18-14)15-4-3-9-24-15/h3-4,9,12-13,19H,2,5-8,10-11H2,1H3. The van der Waals surface area contributed by atoms with Gasteiger partial charge in [0.15, 0.2) is 10.8 Å². The molecule has 0 saturated carbocycles. The molecule has 0 radical (unpaired) electrons. The largest absolute Gasteiger partial charge is 0.462 e. The predicted octanol–water partition coefficient (Wildman–Crippen LogP) is 2.27. The summed E-state index contributed by atoms with van der Waals surface area (Å²) in [7, 11) is -3.21. The van der Waals surface area contributed by atoms with E-state index in [0.29, 0.717) is 38.1 Å². The zero-order valence-corrected chi connectivity index (χ0v) is 16.3. The second kappa shape index (κ2) is 8.32. The number of furan rings is 1. The van der Waals surface area contributed by atoms with Gasteiger partial charge in [0.25, 0.3) is 0 Å². The van der Waals surface area contributed by atoms with Crippen LogP contribution < -0.4 is 4.72 Å². The van der Waals surface area contributed by atoms with Crippen molar-refractivity contribution in [1.82, 2.24) is 14.6 Å². The molecule has 1 fully saturated rings. The van der Waals surface area contributed by atoms with Gasteiger partial charge >= 0.3 is 0 Å². The summed E-state index contributed by atoms with van der Waals surface area (Å²) in [5, 5.41) is 2.64. The van der Waals surface area contributed by atoms with Crippen LogP contribution in [-0.2, 0) is 21.2 Å². The number of thiazole rings is 1. The van der Waals surface area contributed by atoms with E-state index in [9.17, 15) is 13.2 Å². The van der Waals surface area contributed by atoms with Crippen LogP contribution in [0.25, 0.3) is 10.8 Å². The first-order valence-corrected chi connectivity index (χ1v) is 11.3. The van der Waals surface area contributed by atoms with Crippen LogP contribution in [0, 0.1) is 0 Å². The SMILES string of the molecule is CCCS(=O)(=O)NC1CCN(C(=O)Cc2csc(-c3ccco3)n2)CC1. The lowest BCUT2D eigenvalue weighted by Crippen LogP contribution is -2.47. The highest BCUT2D eigenvalue weighted by Gasteiger charge is 2.26. The van der Waals surface area contributed by atoms with Crippen LogP contribution in [0.3, 0.4) is 0 Å². The minimum atomic E-state index is -3.21. The molecule has 3 rings (SSSR count). The average molecular weight is 398 g/mol. The first-order valence-electron chi connectivity index (χ1n) is 8.73. The molecule has 1 aliphatic rings. The molecule has 1 amide bonds. The molecule has 0 atom stereocenters. The van der Waals surface area contributed by atoms with Crippen molar-refractivity contribution in [1.29, 1.82) is 0 Å². The van der Waals surface area contributed by atoms with E-state index >= 15 is 0 Å². The highest BCUT2D eigenvalue weighted by atomic mass is 32.2. The van der Waals surface area contributed by atoms with Crippen molar-refractivity contribution in [3.63, 3.8) is 0 Å². The van der Waals surface area contributed by atoms with Gasteiger partial charge in [-0.25, -0.2) is 18.1 Å². The fourth-order valence-electron chi connectivity index (χ4n) is 3.00. The molecular formula is C17H23N3O4S2. The number of sulfonamides is 1. The minimum absolute atomic E-state index is 0.0242. The van der Waals surface area contributed by atoms with Crippen LogP contribution in [-0.4, -0.2) is 49.1 Å². The number of piperidine rings is 1. The molecule has 142 valence electrons. The normalized spacial score (nSPS) is 16.1. The highest BCUT2D eigenvalue weighted by Crippen LogP contribution is 2.24. The predicted molar refractivity (Wildman–Crippen MR) is 100 cm³/mol. The highest BCUT2D eigenvalue weighted by molar-refractivity contribution is 7.89. The van der Waals surface area contributed by atoms with E-state index < -0.39 is 10.0 Å². The summed E-state index contributed by atoms with van der Waals surface area (Å²) < 4.78 is 31.8. The summed E-state index contributed by atoms with van der Waals surface area (Å²) in [5.74, 6) is 0.874. The third-order valence-corrected chi connectivity index (χ3v) is 6.83. The van der Waals surface area contributed by atoms with Crippen LogP contribution in [0.15, 0.2) is 28.2 Å². The number of likely N-dealkylation sites (tertiary alicyclic amines) is 1. The topological polar surface area (TPSA) is 92.5 Å². The summed E-state index contributed by atoms with van der Waals surface area (Å²) in [4.78, 5) is 18.7. The molecule has 1 saturated heterocycles. The molecule has 7 nitrogen and oxygen atoms in total. The number of hydrogen-bond donors (Lipinski definition) is 1. The van der Waals surface area contributed by atoms with Gasteiger partial charge in [-0.05, 0) is 31.4 Å². The lowest BCUT2D eigenvalue weighted by Gasteiger charge is -2.32. The summed E-state index contributed by atoms with van der Waals surface area (Å²) in [6.07, 6.45) is 3.73. The Morgan fingerprint density at radius 2 is 2.19 bits per heavy atom. The third kappa shape index (κ3) is 4.93. The van der Waals surface area contributed by atoms with Gasteiger partial charge in [0.05, 0.1) is 24.1 Å². The fourth-order valence-corrected chi connectivity index (χ4v) is 5.18. The Kier molecular flexibility index (Phi) is 6.10. The molecule has 1 N–H and O–H groups in total. The van der Waals surface area contributed by atoms with Gasteiger partial charge in [-0.2, -0.15) is 0 Å². The Labute approximate surface area is 157 Å². The van der Waals surface area contributed by atoms with Crippen LogP contribution in [0.5, 0.6) is 0 Å². The number of carbonyl (C=O) groups is 1. The molecule has 0 aliphatic carbocycles. The molecule has 3 heterocycles. The summed E-state index contributed by atoms with van der Waals surface area (Å²) in [5.41, 5.74) is 0.733. The maximum Gasteiger partial charge on any atom is 0.228 e. The Hall–Kier alpha value is -1.71. The van der Waals surface area contributed by atoms with Gasteiger partial charge in [-0.15, -0.1) is 11.3 Å². The fraction of sp³-hybridized carbons (Fsp3) is 0.529. The van der Waals surface area contributed by atoms with E-state index in [-0.39, 0.29) is 24.1 Å². The second-order valence-corrected chi connectivity index (χ2v) is 9.12. The number of nitrogens with one attached hydrogen (secondary N) is 1. The quantitative estimate of drug-likeness (QED) is 0.774. The number of aromatic nitrogens is 1. The molecule has 9 heteroatoms. The zero-order valence-electron chi connectivity index (χ0n) is 14.7. The van der Waals surface area contributed by atoms with Crippen molar-refractivity contribution in [2.24, 2.45) is 0 Å². The van der Waals surface area contributed by atoms with E-state index in [4.69, 9.17) is 4.42 Å². The van der Waals surface area contributed by atoms with Gasteiger partial charge in [-0.1, -0.05) is 6.92 Å². The van der Waals surface area contributed by atoms with E-state index in [2.05, 4.69) is 9.71 Å².